The summed E-state index contributed by atoms with van der Waals surface area (Å²) >= 11 is 6.22. The van der Waals surface area contributed by atoms with Gasteiger partial charge in [-0.2, -0.15) is 0 Å². The summed E-state index contributed by atoms with van der Waals surface area (Å²) in [4.78, 5) is 28.9. The molecule has 1 aromatic heterocycles. The molecule has 0 aliphatic heterocycles. The lowest BCUT2D eigenvalue weighted by Gasteiger charge is -2.27. The van der Waals surface area contributed by atoms with Crippen molar-refractivity contribution in [3.63, 3.8) is 0 Å². The molecule has 7 heteroatoms. The molecule has 0 radical (unpaired) electrons. The summed E-state index contributed by atoms with van der Waals surface area (Å²) in [6.07, 6.45) is 3.84. The molecule has 0 spiro atoms. The summed E-state index contributed by atoms with van der Waals surface area (Å²) in [6, 6.07) is 7.82. The number of ether oxygens (including phenoxy) is 1. The molecule has 2 rings (SSSR count). The van der Waals surface area contributed by atoms with Crippen molar-refractivity contribution >= 4 is 23.5 Å². The van der Waals surface area contributed by atoms with E-state index in [2.05, 4.69) is 4.98 Å². The third kappa shape index (κ3) is 4.93. The predicted molar refractivity (Wildman–Crippen MR) is 94.2 cm³/mol. The largest absolute Gasteiger partial charge is 0.480 e. The number of rotatable bonds is 7. The molecular weight excluding hydrogens is 344 g/mol. The van der Waals surface area contributed by atoms with Gasteiger partial charge >= 0.3 is 5.97 Å². The van der Waals surface area contributed by atoms with Gasteiger partial charge < -0.3 is 14.7 Å². The third-order valence-electron chi connectivity index (χ3n) is 3.75. The lowest BCUT2D eigenvalue weighted by atomic mass is 10.1. The number of carboxylic acids is 1. The van der Waals surface area contributed by atoms with E-state index in [-0.39, 0.29) is 23.5 Å². The molecule has 1 atom stereocenters. The van der Waals surface area contributed by atoms with E-state index in [0.29, 0.717) is 23.5 Å². The fraction of sp³-hybridized carbons (Fsp3) is 0.278. The van der Waals surface area contributed by atoms with Gasteiger partial charge in [-0.05, 0) is 43.7 Å². The Labute approximate surface area is 151 Å². The first-order valence-corrected chi connectivity index (χ1v) is 8.20. The lowest BCUT2D eigenvalue weighted by molar-refractivity contribution is -0.138. The molecule has 25 heavy (non-hydrogen) atoms. The van der Waals surface area contributed by atoms with Crippen LogP contribution in [-0.2, 0) is 4.79 Å². The molecular formula is C18H19ClN2O4. The van der Waals surface area contributed by atoms with Crippen molar-refractivity contribution in [3.8, 4) is 11.5 Å². The Morgan fingerprint density at radius 2 is 1.96 bits per heavy atom. The molecule has 0 bridgehead atoms. The van der Waals surface area contributed by atoms with Crippen LogP contribution >= 0.6 is 11.6 Å². The van der Waals surface area contributed by atoms with Gasteiger partial charge in [0.2, 0.25) is 0 Å². The molecule has 2 aromatic rings. The molecule has 6 nitrogen and oxygen atoms in total. The zero-order valence-electron chi connectivity index (χ0n) is 14.0. The molecule has 0 aliphatic carbocycles. The third-order valence-corrected chi connectivity index (χ3v) is 4.04. The first-order chi connectivity index (χ1) is 11.9. The van der Waals surface area contributed by atoms with Crippen LogP contribution in [0.5, 0.6) is 11.5 Å². The van der Waals surface area contributed by atoms with Crippen LogP contribution in [0.2, 0.25) is 5.02 Å². The molecule has 1 amide bonds. The van der Waals surface area contributed by atoms with Crippen molar-refractivity contribution < 1.29 is 19.4 Å². The highest BCUT2D eigenvalue weighted by Crippen LogP contribution is 2.30. The first kappa shape index (κ1) is 18.7. The van der Waals surface area contributed by atoms with E-state index >= 15 is 0 Å². The fourth-order valence-corrected chi connectivity index (χ4v) is 2.43. The SMILES string of the molecule is CCC(C)N(CC(=O)O)C(=O)c1ccc(Oc2ccncc2)c(Cl)c1. The standard InChI is InChI=1S/C18H19ClN2O4/c1-3-12(2)21(11-17(22)23)18(24)13-4-5-16(15(19)10-13)25-14-6-8-20-9-7-14/h4-10,12H,3,11H2,1-2H3,(H,22,23). The van der Waals surface area contributed by atoms with E-state index in [1.807, 2.05) is 13.8 Å². The highest BCUT2D eigenvalue weighted by atomic mass is 35.5. The van der Waals surface area contributed by atoms with Crippen molar-refractivity contribution in [2.75, 3.05) is 6.54 Å². The minimum Gasteiger partial charge on any atom is -0.480 e. The van der Waals surface area contributed by atoms with Crippen LogP contribution in [0.15, 0.2) is 42.7 Å². The number of hydrogen-bond acceptors (Lipinski definition) is 4. The minimum absolute atomic E-state index is 0.199. The molecule has 1 heterocycles. The average Bonchev–Trinajstić information content (AvgIpc) is 2.61. The van der Waals surface area contributed by atoms with E-state index in [1.165, 1.54) is 11.0 Å². The Bertz CT molecular complexity index is 752. The number of carbonyl (C=O) groups is 2. The zero-order valence-corrected chi connectivity index (χ0v) is 14.7. The number of aromatic nitrogens is 1. The smallest absolute Gasteiger partial charge is 0.323 e. The normalized spacial score (nSPS) is 11.6. The van der Waals surface area contributed by atoms with Crippen LogP contribution in [-0.4, -0.2) is 39.5 Å². The highest BCUT2D eigenvalue weighted by Gasteiger charge is 2.23. The maximum absolute atomic E-state index is 12.7. The summed E-state index contributed by atoms with van der Waals surface area (Å²) < 4.78 is 5.65. The number of carboxylic acid groups (broad SMARTS) is 1. The summed E-state index contributed by atoms with van der Waals surface area (Å²) in [5, 5.41) is 9.31. The summed E-state index contributed by atoms with van der Waals surface area (Å²) in [5.41, 5.74) is 0.314. The van der Waals surface area contributed by atoms with Crippen LogP contribution in [0.25, 0.3) is 0 Å². The number of pyridine rings is 1. The lowest BCUT2D eigenvalue weighted by Crippen LogP contribution is -2.41. The van der Waals surface area contributed by atoms with E-state index in [4.69, 9.17) is 21.4 Å². The molecule has 1 unspecified atom stereocenters. The van der Waals surface area contributed by atoms with Gasteiger partial charge in [0.25, 0.3) is 5.91 Å². The quantitative estimate of drug-likeness (QED) is 0.809. The molecule has 1 N–H and O–H groups in total. The number of benzene rings is 1. The van der Waals surface area contributed by atoms with E-state index in [0.717, 1.165) is 0 Å². The number of hydrogen-bond donors (Lipinski definition) is 1. The Balaban J connectivity index is 2.22. The second-order valence-electron chi connectivity index (χ2n) is 5.51. The summed E-state index contributed by atoms with van der Waals surface area (Å²) in [6.45, 7) is 3.34. The minimum atomic E-state index is -1.06. The van der Waals surface area contributed by atoms with Crippen LogP contribution in [0.3, 0.4) is 0 Å². The van der Waals surface area contributed by atoms with Crippen molar-refractivity contribution in [2.45, 2.75) is 26.3 Å². The average molecular weight is 363 g/mol. The maximum atomic E-state index is 12.7. The van der Waals surface area contributed by atoms with Crippen LogP contribution in [0, 0.1) is 0 Å². The molecule has 0 fully saturated rings. The van der Waals surface area contributed by atoms with Gasteiger partial charge in [-0.3, -0.25) is 14.6 Å². The van der Waals surface area contributed by atoms with Crippen LogP contribution in [0.4, 0.5) is 0 Å². The van der Waals surface area contributed by atoms with Gasteiger partial charge in [-0.1, -0.05) is 18.5 Å². The van der Waals surface area contributed by atoms with Gasteiger partial charge in [0.1, 0.15) is 18.0 Å². The number of nitrogens with zero attached hydrogens (tertiary/aromatic N) is 2. The Morgan fingerprint density at radius 3 is 2.52 bits per heavy atom. The Hall–Kier alpha value is -2.60. The fourth-order valence-electron chi connectivity index (χ4n) is 2.21. The summed E-state index contributed by atoms with van der Waals surface area (Å²) in [7, 11) is 0. The van der Waals surface area contributed by atoms with E-state index < -0.39 is 5.97 Å². The van der Waals surface area contributed by atoms with Crippen molar-refractivity contribution in [3.05, 3.63) is 53.3 Å². The predicted octanol–water partition coefficient (Wildman–Crippen LogP) is 3.85. The second kappa shape index (κ2) is 8.48. The number of aliphatic carboxylic acids is 1. The highest BCUT2D eigenvalue weighted by molar-refractivity contribution is 6.32. The maximum Gasteiger partial charge on any atom is 0.323 e. The number of carbonyl (C=O) groups excluding carboxylic acids is 1. The molecule has 132 valence electrons. The summed E-state index contributed by atoms with van der Waals surface area (Å²) in [5.74, 6) is -0.465. The zero-order chi connectivity index (χ0) is 18.4. The van der Waals surface area contributed by atoms with Crippen molar-refractivity contribution in [1.82, 2.24) is 9.88 Å². The van der Waals surface area contributed by atoms with Gasteiger partial charge in [0, 0.05) is 24.0 Å². The van der Waals surface area contributed by atoms with E-state index in [9.17, 15) is 9.59 Å². The second-order valence-corrected chi connectivity index (χ2v) is 5.92. The number of amides is 1. The Morgan fingerprint density at radius 1 is 1.28 bits per heavy atom. The van der Waals surface area contributed by atoms with Crippen LogP contribution < -0.4 is 4.74 Å². The van der Waals surface area contributed by atoms with Crippen LogP contribution in [0.1, 0.15) is 30.6 Å². The van der Waals surface area contributed by atoms with Gasteiger partial charge in [0.05, 0.1) is 5.02 Å². The molecule has 0 aliphatic rings. The monoisotopic (exact) mass is 362 g/mol. The van der Waals surface area contributed by atoms with E-state index in [1.54, 1.807) is 36.7 Å². The van der Waals surface area contributed by atoms with Crippen molar-refractivity contribution in [2.24, 2.45) is 0 Å². The molecule has 1 aromatic carbocycles. The van der Waals surface area contributed by atoms with Gasteiger partial charge in [-0.15, -0.1) is 0 Å². The first-order valence-electron chi connectivity index (χ1n) is 7.82. The topological polar surface area (TPSA) is 79.7 Å². The van der Waals surface area contributed by atoms with Crippen molar-refractivity contribution in [1.29, 1.82) is 0 Å². The van der Waals surface area contributed by atoms with Gasteiger partial charge in [0.15, 0.2) is 0 Å². The number of halogens is 1. The van der Waals surface area contributed by atoms with Gasteiger partial charge in [-0.25, -0.2) is 0 Å². The molecule has 0 saturated carbocycles. The Kier molecular flexibility index (Phi) is 6.36. The molecule has 0 saturated heterocycles.